The molecule has 0 radical (unpaired) electrons. The van der Waals surface area contributed by atoms with Crippen LogP contribution in [0.25, 0.3) is 0 Å². The maximum Gasteiger partial charge on any atom is 0.242 e. The molecule has 4 nitrogen and oxygen atoms in total. The van der Waals surface area contributed by atoms with E-state index in [9.17, 15) is 9.59 Å². The van der Waals surface area contributed by atoms with E-state index in [2.05, 4.69) is 21.2 Å². The third kappa shape index (κ3) is 6.79. The van der Waals surface area contributed by atoms with Crippen LogP contribution in [0.1, 0.15) is 44.4 Å². The molecule has 2 aromatic rings. The van der Waals surface area contributed by atoms with Crippen LogP contribution in [0.15, 0.2) is 53.0 Å². The van der Waals surface area contributed by atoms with Gasteiger partial charge in [-0.2, -0.15) is 0 Å². The monoisotopic (exact) mass is 444 g/mol. The Labute approximate surface area is 176 Å². The number of halogens is 1. The number of nitrogens with one attached hydrogen (secondary N) is 1. The molecule has 2 amide bonds. The SMILES string of the molecule is Cc1ccc(CC(=O)N(Cc2ccc(Br)cc2)[C@H](C)C(=O)NC(C)(C)C)cc1. The van der Waals surface area contributed by atoms with Gasteiger partial charge in [0, 0.05) is 16.6 Å². The van der Waals surface area contributed by atoms with Gasteiger partial charge in [0.15, 0.2) is 0 Å². The maximum atomic E-state index is 13.1. The first-order valence-electron chi connectivity index (χ1n) is 9.46. The van der Waals surface area contributed by atoms with Crippen molar-refractivity contribution in [1.82, 2.24) is 10.2 Å². The first-order valence-corrected chi connectivity index (χ1v) is 10.3. The van der Waals surface area contributed by atoms with Crippen molar-refractivity contribution in [3.8, 4) is 0 Å². The van der Waals surface area contributed by atoms with Gasteiger partial charge in [-0.1, -0.05) is 57.9 Å². The highest BCUT2D eigenvalue weighted by Crippen LogP contribution is 2.16. The Bertz CT molecular complexity index is 808. The van der Waals surface area contributed by atoms with E-state index in [0.29, 0.717) is 6.54 Å². The van der Waals surface area contributed by atoms with Crippen LogP contribution < -0.4 is 5.32 Å². The Morgan fingerprint density at radius 3 is 2.07 bits per heavy atom. The summed E-state index contributed by atoms with van der Waals surface area (Å²) >= 11 is 3.43. The predicted octanol–water partition coefficient (Wildman–Crippen LogP) is 4.63. The van der Waals surface area contributed by atoms with Crippen molar-refractivity contribution in [3.05, 3.63) is 69.7 Å². The molecule has 2 rings (SSSR count). The number of benzene rings is 2. The second-order valence-corrected chi connectivity index (χ2v) is 9.14. The molecule has 0 aromatic heterocycles. The average Bonchev–Trinajstić information content (AvgIpc) is 2.61. The molecule has 0 fully saturated rings. The molecular formula is C23H29BrN2O2. The lowest BCUT2D eigenvalue weighted by molar-refractivity contribution is -0.140. The van der Waals surface area contributed by atoms with Crippen LogP contribution in [0.2, 0.25) is 0 Å². The van der Waals surface area contributed by atoms with E-state index in [1.54, 1.807) is 11.8 Å². The lowest BCUT2D eigenvalue weighted by Gasteiger charge is -2.31. The van der Waals surface area contributed by atoms with Gasteiger partial charge in [-0.3, -0.25) is 9.59 Å². The molecular weight excluding hydrogens is 416 g/mol. The maximum absolute atomic E-state index is 13.1. The molecule has 0 saturated heterocycles. The van der Waals surface area contributed by atoms with Crippen molar-refractivity contribution < 1.29 is 9.59 Å². The van der Waals surface area contributed by atoms with Crippen molar-refractivity contribution >= 4 is 27.7 Å². The molecule has 28 heavy (non-hydrogen) atoms. The number of rotatable bonds is 6. The van der Waals surface area contributed by atoms with E-state index in [0.717, 1.165) is 21.2 Å². The van der Waals surface area contributed by atoms with E-state index in [1.165, 1.54) is 0 Å². The molecule has 0 aliphatic rings. The fourth-order valence-electron chi connectivity index (χ4n) is 2.83. The van der Waals surface area contributed by atoms with Gasteiger partial charge in [0.05, 0.1) is 6.42 Å². The minimum atomic E-state index is -0.569. The topological polar surface area (TPSA) is 49.4 Å². The summed E-state index contributed by atoms with van der Waals surface area (Å²) in [6, 6.07) is 15.2. The van der Waals surface area contributed by atoms with Crippen LogP contribution in [0.3, 0.4) is 0 Å². The molecule has 0 aliphatic carbocycles. The molecule has 0 heterocycles. The summed E-state index contributed by atoms with van der Waals surface area (Å²) in [6.07, 6.45) is 0.268. The van der Waals surface area contributed by atoms with E-state index in [1.807, 2.05) is 76.2 Å². The summed E-state index contributed by atoms with van der Waals surface area (Å²) in [4.78, 5) is 27.5. The van der Waals surface area contributed by atoms with Gasteiger partial charge in [-0.15, -0.1) is 0 Å². The number of hydrogen-bond donors (Lipinski definition) is 1. The van der Waals surface area contributed by atoms with Crippen LogP contribution in [-0.4, -0.2) is 28.3 Å². The summed E-state index contributed by atoms with van der Waals surface area (Å²) in [5, 5.41) is 2.98. The smallest absolute Gasteiger partial charge is 0.242 e. The highest BCUT2D eigenvalue weighted by Gasteiger charge is 2.28. The quantitative estimate of drug-likeness (QED) is 0.705. The molecule has 0 aliphatic heterocycles. The highest BCUT2D eigenvalue weighted by atomic mass is 79.9. The zero-order valence-corrected chi connectivity index (χ0v) is 18.8. The van der Waals surface area contributed by atoms with E-state index < -0.39 is 6.04 Å². The summed E-state index contributed by atoms with van der Waals surface area (Å²) in [5.74, 6) is -0.217. The molecule has 0 bridgehead atoms. The van der Waals surface area contributed by atoms with Gasteiger partial charge in [-0.25, -0.2) is 0 Å². The van der Waals surface area contributed by atoms with Gasteiger partial charge in [0.25, 0.3) is 0 Å². The minimum absolute atomic E-state index is 0.0664. The van der Waals surface area contributed by atoms with Crippen LogP contribution >= 0.6 is 15.9 Å². The molecule has 0 spiro atoms. The molecule has 0 saturated carbocycles. The van der Waals surface area contributed by atoms with Gasteiger partial charge >= 0.3 is 0 Å². The summed E-state index contributed by atoms with van der Waals surface area (Å²) in [7, 11) is 0. The second kappa shape index (κ2) is 9.37. The fourth-order valence-corrected chi connectivity index (χ4v) is 3.09. The van der Waals surface area contributed by atoms with E-state index in [4.69, 9.17) is 0 Å². The highest BCUT2D eigenvalue weighted by molar-refractivity contribution is 9.10. The number of aryl methyl sites for hydroxylation is 1. The lowest BCUT2D eigenvalue weighted by atomic mass is 10.1. The van der Waals surface area contributed by atoms with Crippen molar-refractivity contribution in [2.75, 3.05) is 0 Å². The van der Waals surface area contributed by atoms with Crippen LogP contribution in [0.5, 0.6) is 0 Å². The van der Waals surface area contributed by atoms with Crippen molar-refractivity contribution in [3.63, 3.8) is 0 Å². The number of hydrogen-bond acceptors (Lipinski definition) is 2. The number of carbonyl (C=O) groups is 2. The van der Waals surface area contributed by atoms with E-state index >= 15 is 0 Å². The molecule has 5 heteroatoms. The van der Waals surface area contributed by atoms with Gasteiger partial charge in [0.2, 0.25) is 11.8 Å². The second-order valence-electron chi connectivity index (χ2n) is 8.23. The Morgan fingerprint density at radius 1 is 1.00 bits per heavy atom. The normalized spacial score (nSPS) is 12.4. The Hall–Kier alpha value is -2.14. The third-order valence-corrected chi connectivity index (χ3v) is 4.94. The van der Waals surface area contributed by atoms with Crippen molar-refractivity contribution in [2.45, 2.75) is 59.2 Å². The molecule has 1 N–H and O–H groups in total. The van der Waals surface area contributed by atoms with Gasteiger partial charge in [-0.05, 0) is 57.9 Å². The van der Waals surface area contributed by atoms with Crippen LogP contribution in [0.4, 0.5) is 0 Å². The van der Waals surface area contributed by atoms with Gasteiger partial charge in [0.1, 0.15) is 6.04 Å². The average molecular weight is 445 g/mol. The van der Waals surface area contributed by atoms with Crippen LogP contribution in [0, 0.1) is 6.92 Å². The molecule has 2 aromatic carbocycles. The largest absolute Gasteiger partial charge is 0.350 e. The molecule has 1 atom stereocenters. The summed E-state index contributed by atoms with van der Waals surface area (Å²) in [5.41, 5.74) is 2.73. The zero-order valence-electron chi connectivity index (χ0n) is 17.3. The Balaban J connectivity index is 2.23. The zero-order chi connectivity index (χ0) is 20.9. The van der Waals surface area contributed by atoms with E-state index in [-0.39, 0.29) is 23.8 Å². The van der Waals surface area contributed by atoms with Gasteiger partial charge < -0.3 is 10.2 Å². The molecule has 150 valence electrons. The van der Waals surface area contributed by atoms with Crippen LogP contribution in [-0.2, 0) is 22.6 Å². The predicted molar refractivity (Wildman–Crippen MR) is 117 cm³/mol. The standard InChI is InChI=1S/C23H29BrN2O2/c1-16-6-8-18(9-7-16)14-21(27)26(15-19-10-12-20(24)13-11-19)17(2)22(28)25-23(3,4)5/h6-13,17H,14-15H2,1-5H3,(H,25,28)/t17-/m1/s1. The first kappa shape index (κ1) is 22.2. The summed E-state index contributed by atoms with van der Waals surface area (Å²) < 4.78 is 0.979. The summed E-state index contributed by atoms with van der Waals surface area (Å²) in [6.45, 7) is 9.99. The molecule has 0 unspecified atom stereocenters. The number of amides is 2. The third-order valence-electron chi connectivity index (χ3n) is 4.41. The lowest BCUT2D eigenvalue weighted by Crippen LogP contribution is -2.52. The fraction of sp³-hybridized carbons (Fsp3) is 0.391. The Kier molecular flexibility index (Phi) is 7.41. The van der Waals surface area contributed by atoms with Crippen molar-refractivity contribution in [1.29, 1.82) is 0 Å². The minimum Gasteiger partial charge on any atom is -0.350 e. The first-order chi connectivity index (χ1) is 13.0. The number of carbonyl (C=O) groups excluding carboxylic acids is 2. The Morgan fingerprint density at radius 2 is 1.54 bits per heavy atom. The number of nitrogens with zero attached hydrogens (tertiary/aromatic N) is 1. The van der Waals surface area contributed by atoms with Crippen molar-refractivity contribution in [2.24, 2.45) is 0 Å².